The minimum absolute atomic E-state index is 0.0248. The second kappa shape index (κ2) is 7.71. The molecule has 1 aliphatic heterocycles. The first-order valence-electron chi connectivity index (χ1n) is 7.09. The van der Waals surface area contributed by atoms with Gasteiger partial charge in [-0.15, -0.1) is 6.42 Å². The second-order valence-corrected chi connectivity index (χ2v) is 5.41. The molecule has 3 amide bonds. The van der Waals surface area contributed by atoms with Crippen LogP contribution in [-0.2, 0) is 11.2 Å². The second-order valence-electron chi connectivity index (χ2n) is 5.00. The summed E-state index contributed by atoms with van der Waals surface area (Å²) in [5.74, 6) is 2.39. The Labute approximate surface area is 135 Å². The highest BCUT2D eigenvalue weighted by atomic mass is 35.5. The van der Waals surface area contributed by atoms with Gasteiger partial charge < -0.3 is 15.1 Å². The standard InChI is InChI=1S/C16H18ClN3O2/c1-2-7-18-16(22)20-10-8-19(9-11-20)15(21)12-13-5-3-4-6-14(13)17/h1,3-6H,7-12H2,(H,18,22). The number of benzene rings is 1. The molecule has 0 radical (unpaired) electrons. The number of amides is 3. The average Bonchev–Trinajstić information content (AvgIpc) is 2.55. The first-order valence-corrected chi connectivity index (χ1v) is 7.47. The van der Waals surface area contributed by atoms with Crippen molar-refractivity contribution in [2.24, 2.45) is 0 Å². The number of nitrogens with zero attached hydrogens (tertiary/aromatic N) is 2. The number of carbonyl (C=O) groups is 2. The molecule has 0 saturated carbocycles. The number of rotatable bonds is 3. The van der Waals surface area contributed by atoms with Crippen LogP contribution in [0.1, 0.15) is 5.56 Å². The van der Waals surface area contributed by atoms with Crippen LogP contribution in [0.25, 0.3) is 0 Å². The van der Waals surface area contributed by atoms with Gasteiger partial charge in [-0.25, -0.2) is 4.79 Å². The third-order valence-corrected chi connectivity index (χ3v) is 3.93. The molecule has 0 unspecified atom stereocenters. The summed E-state index contributed by atoms with van der Waals surface area (Å²) in [5, 5.41) is 3.22. The normalized spacial score (nSPS) is 14.4. The number of hydrogen-bond acceptors (Lipinski definition) is 2. The van der Waals surface area contributed by atoms with Crippen LogP contribution in [0.2, 0.25) is 5.02 Å². The monoisotopic (exact) mass is 319 g/mol. The minimum atomic E-state index is -0.184. The first kappa shape index (κ1) is 16.2. The van der Waals surface area contributed by atoms with E-state index in [0.29, 0.717) is 31.2 Å². The Morgan fingerprint density at radius 2 is 1.82 bits per heavy atom. The Bertz CT molecular complexity index is 589. The van der Waals surface area contributed by atoms with Gasteiger partial charge in [-0.3, -0.25) is 4.79 Å². The molecule has 0 aromatic heterocycles. The number of urea groups is 1. The predicted octanol–water partition coefficient (Wildman–Crippen LogP) is 1.37. The third kappa shape index (κ3) is 4.15. The van der Waals surface area contributed by atoms with Gasteiger partial charge in [-0.05, 0) is 11.6 Å². The molecule has 0 spiro atoms. The molecule has 0 bridgehead atoms. The van der Waals surface area contributed by atoms with Gasteiger partial charge >= 0.3 is 6.03 Å². The van der Waals surface area contributed by atoms with Crippen LogP contribution in [0, 0.1) is 12.3 Å². The largest absolute Gasteiger partial charge is 0.339 e. The molecule has 116 valence electrons. The zero-order valence-electron chi connectivity index (χ0n) is 12.2. The number of piperazine rings is 1. The van der Waals surface area contributed by atoms with Crippen molar-refractivity contribution in [2.75, 3.05) is 32.7 Å². The fourth-order valence-electron chi connectivity index (χ4n) is 2.31. The van der Waals surface area contributed by atoms with E-state index in [2.05, 4.69) is 11.2 Å². The van der Waals surface area contributed by atoms with Crippen LogP contribution in [0.5, 0.6) is 0 Å². The molecule has 0 atom stereocenters. The van der Waals surface area contributed by atoms with Crippen LogP contribution in [0.15, 0.2) is 24.3 Å². The van der Waals surface area contributed by atoms with E-state index in [1.165, 1.54) is 0 Å². The highest BCUT2D eigenvalue weighted by molar-refractivity contribution is 6.31. The Hall–Kier alpha value is -2.19. The van der Waals surface area contributed by atoms with E-state index in [0.717, 1.165) is 5.56 Å². The molecule has 0 aliphatic carbocycles. The first-order chi connectivity index (χ1) is 10.6. The summed E-state index contributed by atoms with van der Waals surface area (Å²) < 4.78 is 0. The zero-order chi connectivity index (χ0) is 15.9. The lowest BCUT2D eigenvalue weighted by Crippen LogP contribution is -2.53. The average molecular weight is 320 g/mol. The van der Waals surface area contributed by atoms with E-state index in [1.807, 2.05) is 18.2 Å². The van der Waals surface area contributed by atoms with E-state index in [4.69, 9.17) is 18.0 Å². The summed E-state index contributed by atoms with van der Waals surface area (Å²) in [7, 11) is 0. The lowest BCUT2D eigenvalue weighted by molar-refractivity contribution is -0.131. The molecular weight excluding hydrogens is 302 g/mol. The topological polar surface area (TPSA) is 52.7 Å². The molecular formula is C16H18ClN3O2. The lowest BCUT2D eigenvalue weighted by Gasteiger charge is -2.34. The lowest BCUT2D eigenvalue weighted by atomic mass is 10.1. The molecule has 5 nitrogen and oxygen atoms in total. The number of carbonyl (C=O) groups excluding carboxylic acids is 2. The zero-order valence-corrected chi connectivity index (χ0v) is 13.0. The van der Waals surface area contributed by atoms with Crippen molar-refractivity contribution in [3.05, 3.63) is 34.9 Å². The molecule has 2 rings (SSSR count). The number of halogens is 1. The number of nitrogens with one attached hydrogen (secondary N) is 1. The molecule has 1 fully saturated rings. The predicted molar refractivity (Wildman–Crippen MR) is 85.5 cm³/mol. The molecule has 22 heavy (non-hydrogen) atoms. The van der Waals surface area contributed by atoms with Crippen LogP contribution < -0.4 is 5.32 Å². The molecule has 1 N–H and O–H groups in total. The summed E-state index contributed by atoms with van der Waals surface area (Å²) in [6.07, 6.45) is 5.39. The van der Waals surface area contributed by atoms with E-state index in [-0.39, 0.29) is 24.9 Å². The number of terminal acetylenes is 1. The summed E-state index contributed by atoms with van der Waals surface area (Å²) in [5.41, 5.74) is 0.823. The SMILES string of the molecule is C#CCNC(=O)N1CCN(C(=O)Cc2ccccc2Cl)CC1. The summed E-state index contributed by atoms with van der Waals surface area (Å²) in [4.78, 5) is 27.5. The number of hydrogen-bond donors (Lipinski definition) is 1. The Morgan fingerprint density at radius 1 is 1.18 bits per heavy atom. The van der Waals surface area contributed by atoms with Gasteiger partial charge in [-0.1, -0.05) is 35.7 Å². The molecule has 1 saturated heterocycles. The fourth-order valence-corrected chi connectivity index (χ4v) is 2.52. The maximum atomic E-state index is 12.3. The van der Waals surface area contributed by atoms with Gasteiger partial charge in [0.05, 0.1) is 13.0 Å². The summed E-state index contributed by atoms with van der Waals surface area (Å²) in [6, 6.07) is 7.14. The summed E-state index contributed by atoms with van der Waals surface area (Å²) >= 11 is 6.07. The smallest absolute Gasteiger partial charge is 0.318 e. The van der Waals surface area contributed by atoms with Gasteiger partial charge in [-0.2, -0.15) is 0 Å². The van der Waals surface area contributed by atoms with Gasteiger partial charge in [0.15, 0.2) is 0 Å². The van der Waals surface area contributed by atoms with Crippen molar-refractivity contribution in [3.63, 3.8) is 0 Å². The molecule has 1 aromatic rings. The summed E-state index contributed by atoms with van der Waals surface area (Å²) in [6.45, 7) is 2.26. The van der Waals surface area contributed by atoms with Crippen molar-refractivity contribution >= 4 is 23.5 Å². The molecule has 6 heteroatoms. The maximum Gasteiger partial charge on any atom is 0.318 e. The third-order valence-electron chi connectivity index (χ3n) is 3.56. The molecule has 1 heterocycles. The Balaban J connectivity index is 1.84. The van der Waals surface area contributed by atoms with Crippen LogP contribution in [0.4, 0.5) is 4.79 Å². The van der Waals surface area contributed by atoms with E-state index < -0.39 is 0 Å². The van der Waals surface area contributed by atoms with Gasteiger partial charge in [0.1, 0.15) is 0 Å². The fraction of sp³-hybridized carbons (Fsp3) is 0.375. The van der Waals surface area contributed by atoms with Gasteiger partial charge in [0, 0.05) is 31.2 Å². The van der Waals surface area contributed by atoms with Crippen LogP contribution in [0.3, 0.4) is 0 Å². The molecule has 1 aliphatic rings. The van der Waals surface area contributed by atoms with Crippen molar-refractivity contribution < 1.29 is 9.59 Å². The van der Waals surface area contributed by atoms with Crippen molar-refractivity contribution in [2.45, 2.75) is 6.42 Å². The molecule has 1 aromatic carbocycles. The van der Waals surface area contributed by atoms with Gasteiger partial charge in [0.25, 0.3) is 0 Å². The van der Waals surface area contributed by atoms with Crippen molar-refractivity contribution in [1.82, 2.24) is 15.1 Å². The van der Waals surface area contributed by atoms with Crippen LogP contribution >= 0.6 is 11.6 Å². The highest BCUT2D eigenvalue weighted by Crippen LogP contribution is 2.16. The minimum Gasteiger partial charge on any atom is -0.339 e. The quantitative estimate of drug-likeness (QED) is 0.856. The van der Waals surface area contributed by atoms with Crippen molar-refractivity contribution in [1.29, 1.82) is 0 Å². The van der Waals surface area contributed by atoms with Crippen molar-refractivity contribution in [3.8, 4) is 12.3 Å². The van der Waals surface area contributed by atoms with Crippen LogP contribution in [-0.4, -0.2) is 54.5 Å². The van der Waals surface area contributed by atoms with E-state index in [9.17, 15) is 9.59 Å². The maximum absolute atomic E-state index is 12.3. The van der Waals surface area contributed by atoms with E-state index in [1.54, 1.807) is 15.9 Å². The Kier molecular flexibility index (Phi) is 5.68. The van der Waals surface area contributed by atoms with E-state index >= 15 is 0 Å². The highest BCUT2D eigenvalue weighted by Gasteiger charge is 2.24. The Morgan fingerprint density at radius 3 is 2.45 bits per heavy atom. The van der Waals surface area contributed by atoms with Gasteiger partial charge in [0.2, 0.25) is 5.91 Å².